The summed E-state index contributed by atoms with van der Waals surface area (Å²) in [6.07, 6.45) is 1.19. The van der Waals surface area contributed by atoms with E-state index in [0.29, 0.717) is 18.5 Å². The molecule has 1 aromatic rings. The predicted molar refractivity (Wildman–Crippen MR) is 83.5 cm³/mol. The molecule has 6 heteroatoms. The van der Waals surface area contributed by atoms with Crippen LogP contribution in [-0.4, -0.2) is 17.0 Å². The zero-order valence-electron chi connectivity index (χ0n) is 10.9. The molecular formula is C14H15Br2NO3. The molecule has 0 radical (unpaired) electrons. The van der Waals surface area contributed by atoms with Crippen LogP contribution in [0.4, 0.5) is 5.69 Å². The van der Waals surface area contributed by atoms with E-state index in [1.54, 1.807) is 6.07 Å². The zero-order valence-corrected chi connectivity index (χ0v) is 14.1. The summed E-state index contributed by atoms with van der Waals surface area (Å²) < 4.78 is 1.67. The van der Waals surface area contributed by atoms with Gasteiger partial charge in [-0.25, -0.2) is 0 Å². The Kier molecular flexibility index (Phi) is 4.86. The van der Waals surface area contributed by atoms with E-state index >= 15 is 0 Å². The summed E-state index contributed by atoms with van der Waals surface area (Å²) in [6, 6.07) is 5.44. The van der Waals surface area contributed by atoms with Gasteiger partial charge in [0.1, 0.15) is 0 Å². The third-order valence-corrected chi connectivity index (χ3v) is 4.79. The molecule has 1 aromatic carbocycles. The van der Waals surface area contributed by atoms with E-state index in [2.05, 4.69) is 37.2 Å². The molecule has 0 saturated heterocycles. The fourth-order valence-corrected chi connectivity index (χ4v) is 3.82. The lowest BCUT2D eigenvalue weighted by atomic mass is 9.95. The molecule has 4 nitrogen and oxygen atoms in total. The van der Waals surface area contributed by atoms with Crippen molar-refractivity contribution in [3.63, 3.8) is 0 Å². The number of hydrogen-bond donors (Lipinski definition) is 2. The molecule has 2 N–H and O–H groups in total. The first-order valence-electron chi connectivity index (χ1n) is 6.37. The van der Waals surface area contributed by atoms with Crippen LogP contribution >= 0.6 is 31.9 Å². The Morgan fingerprint density at radius 2 is 1.90 bits per heavy atom. The number of rotatable bonds is 3. The Morgan fingerprint density at radius 1 is 1.25 bits per heavy atom. The van der Waals surface area contributed by atoms with Gasteiger partial charge < -0.3 is 10.4 Å². The van der Waals surface area contributed by atoms with Gasteiger partial charge in [0, 0.05) is 8.95 Å². The van der Waals surface area contributed by atoms with E-state index in [4.69, 9.17) is 0 Å². The van der Waals surface area contributed by atoms with Gasteiger partial charge in [-0.1, -0.05) is 22.9 Å². The summed E-state index contributed by atoms with van der Waals surface area (Å²) in [5.41, 5.74) is 0.655. The third kappa shape index (κ3) is 3.41. The second-order valence-electron chi connectivity index (χ2n) is 5.24. The molecular weight excluding hydrogens is 390 g/mol. The second-order valence-corrected chi connectivity index (χ2v) is 7.01. The van der Waals surface area contributed by atoms with Gasteiger partial charge >= 0.3 is 5.97 Å². The molecule has 3 unspecified atom stereocenters. The van der Waals surface area contributed by atoms with Crippen molar-refractivity contribution < 1.29 is 14.7 Å². The molecule has 3 atom stereocenters. The van der Waals surface area contributed by atoms with Gasteiger partial charge in [-0.05, 0) is 52.9 Å². The van der Waals surface area contributed by atoms with Gasteiger partial charge in [0.05, 0.1) is 17.5 Å². The monoisotopic (exact) mass is 403 g/mol. The Hall–Kier alpha value is -0.880. The smallest absolute Gasteiger partial charge is 0.307 e. The minimum atomic E-state index is -0.885. The van der Waals surface area contributed by atoms with Crippen LogP contribution in [0.5, 0.6) is 0 Å². The number of anilines is 1. The molecule has 0 heterocycles. The van der Waals surface area contributed by atoms with Crippen molar-refractivity contribution in [3.05, 3.63) is 27.1 Å². The Bertz CT molecular complexity index is 547. The first-order valence-corrected chi connectivity index (χ1v) is 7.95. The Balaban J connectivity index is 2.13. The van der Waals surface area contributed by atoms with Crippen LogP contribution in [0, 0.1) is 17.8 Å². The third-order valence-electron chi connectivity index (χ3n) is 3.64. The molecule has 1 aliphatic carbocycles. The number of carboxylic acid groups (broad SMARTS) is 1. The van der Waals surface area contributed by atoms with Crippen molar-refractivity contribution >= 4 is 49.4 Å². The van der Waals surface area contributed by atoms with E-state index in [1.807, 2.05) is 19.1 Å². The largest absolute Gasteiger partial charge is 0.481 e. The van der Waals surface area contributed by atoms with E-state index in [0.717, 1.165) is 8.95 Å². The van der Waals surface area contributed by atoms with Crippen LogP contribution in [0.15, 0.2) is 27.1 Å². The van der Waals surface area contributed by atoms with Gasteiger partial charge in [0.25, 0.3) is 0 Å². The fraction of sp³-hybridized carbons (Fsp3) is 0.429. The molecule has 108 valence electrons. The number of nitrogens with one attached hydrogen (secondary N) is 1. The van der Waals surface area contributed by atoms with Gasteiger partial charge in [-0.2, -0.15) is 0 Å². The molecule has 0 aliphatic heterocycles. The van der Waals surface area contributed by atoms with Crippen molar-refractivity contribution in [3.8, 4) is 0 Å². The van der Waals surface area contributed by atoms with Crippen LogP contribution in [0.2, 0.25) is 0 Å². The van der Waals surface area contributed by atoms with E-state index in [9.17, 15) is 14.7 Å². The second kappa shape index (κ2) is 6.26. The van der Waals surface area contributed by atoms with Gasteiger partial charge in [-0.15, -0.1) is 0 Å². The van der Waals surface area contributed by atoms with Gasteiger partial charge in [0.15, 0.2) is 0 Å². The number of benzene rings is 1. The fourth-order valence-electron chi connectivity index (χ4n) is 2.67. The maximum Gasteiger partial charge on any atom is 0.307 e. The molecule has 0 aromatic heterocycles. The lowest BCUT2D eigenvalue weighted by molar-refractivity contribution is -0.145. The number of aliphatic carboxylic acids is 1. The highest BCUT2D eigenvalue weighted by Gasteiger charge is 2.41. The summed E-state index contributed by atoms with van der Waals surface area (Å²) in [5, 5.41) is 12.0. The van der Waals surface area contributed by atoms with Gasteiger partial charge in [0.2, 0.25) is 5.91 Å². The minimum Gasteiger partial charge on any atom is -0.481 e. The quantitative estimate of drug-likeness (QED) is 0.802. The van der Waals surface area contributed by atoms with Crippen LogP contribution in [0.1, 0.15) is 19.8 Å². The van der Waals surface area contributed by atoms with E-state index in [1.165, 1.54) is 0 Å². The standard InChI is InChI=1S/C14H15Br2NO3/c1-7-4-9(10(5-7)14(19)20)13(18)17-12-3-2-8(15)6-11(12)16/h2-3,6-7,9-10H,4-5H2,1H3,(H,17,18)(H,19,20). The number of carbonyl (C=O) groups is 2. The van der Waals surface area contributed by atoms with Crippen molar-refractivity contribution in [2.24, 2.45) is 17.8 Å². The average molecular weight is 405 g/mol. The SMILES string of the molecule is CC1CC(C(=O)O)C(C(=O)Nc2ccc(Br)cc2Br)C1. The minimum absolute atomic E-state index is 0.218. The molecule has 0 spiro atoms. The number of hydrogen-bond acceptors (Lipinski definition) is 2. The molecule has 1 aliphatic rings. The predicted octanol–water partition coefficient (Wildman–Crippen LogP) is 3.90. The molecule has 20 heavy (non-hydrogen) atoms. The van der Waals surface area contributed by atoms with Crippen molar-refractivity contribution in [1.82, 2.24) is 0 Å². The van der Waals surface area contributed by atoms with Crippen LogP contribution in [0.25, 0.3) is 0 Å². The first kappa shape index (κ1) is 15.5. The summed E-state index contributed by atoms with van der Waals surface area (Å²) in [6.45, 7) is 1.98. The van der Waals surface area contributed by atoms with E-state index in [-0.39, 0.29) is 11.8 Å². The lowest BCUT2D eigenvalue weighted by Gasteiger charge is -2.16. The summed E-state index contributed by atoms with van der Waals surface area (Å²) in [7, 11) is 0. The first-order chi connectivity index (χ1) is 9.38. The normalized spacial score (nSPS) is 25.4. The topological polar surface area (TPSA) is 66.4 Å². The van der Waals surface area contributed by atoms with Crippen LogP contribution in [-0.2, 0) is 9.59 Å². The average Bonchev–Trinajstić information content (AvgIpc) is 2.75. The molecule has 1 fully saturated rings. The summed E-state index contributed by atoms with van der Waals surface area (Å²) in [5.74, 6) is -1.88. The van der Waals surface area contributed by atoms with Crippen molar-refractivity contribution in [2.75, 3.05) is 5.32 Å². The maximum atomic E-state index is 12.3. The molecule has 2 rings (SSSR count). The highest BCUT2D eigenvalue weighted by Crippen LogP contribution is 2.37. The Labute approximate surface area is 134 Å². The number of carbonyl (C=O) groups excluding carboxylic acids is 1. The van der Waals surface area contributed by atoms with Crippen molar-refractivity contribution in [2.45, 2.75) is 19.8 Å². The van der Waals surface area contributed by atoms with Gasteiger partial charge in [-0.3, -0.25) is 9.59 Å². The molecule has 0 bridgehead atoms. The highest BCUT2D eigenvalue weighted by atomic mass is 79.9. The zero-order chi connectivity index (χ0) is 14.9. The lowest BCUT2D eigenvalue weighted by Crippen LogP contribution is -2.30. The summed E-state index contributed by atoms with van der Waals surface area (Å²) >= 11 is 6.72. The Morgan fingerprint density at radius 3 is 2.50 bits per heavy atom. The molecule has 1 amide bonds. The van der Waals surface area contributed by atoms with Crippen molar-refractivity contribution in [1.29, 1.82) is 0 Å². The number of amides is 1. The number of halogens is 2. The van der Waals surface area contributed by atoms with Crippen LogP contribution in [0.3, 0.4) is 0 Å². The maximum absolute atomic E-state index is 12.3. The van der Waals surface area contributed by atoms with Crippen LogP contribution < -0.4 is 5.32 Å². The molecule has 1 saturated carbocycles. The number of carboxylic acids is 1. The van der Waals surface area contributed by atoms with E-state index < -0.39 is 17.8 Å². The highest BCUT2D eigenvalue weighted by molar-refractivity contribution is 9.11. The summed E-state index contributed by atoms with van der Waals surface area (Å²) in [4.78, 5) is 23.5.